The molecule has 1 fully saturated rings. The van der Waals surface area contributed by atoms with Gasteiger partial charge < -0.3 is 10.1 Å². The molecule has 3 nitrogen and oxygen atoms in total. The molecule has 1 aliphatic rings. The van der Waals surface area contributed by atoms with Crippen molar-refractivity contribution in [2.45, 2.75) is 32.1 Å². The molecule has 0 saturated heterocycles. The third kappa shape index (κ3) is 3.89. The monoisotopic (exact) mass is 295 g/mol. The van der Waals surface area contributed by atoms with Crippen LogP contribution in [-0.2, 0) is 11.2 Å². The average Bonchev–Trinajstić information content (AvgIpc) is 2.95. The Morgan fingerprint density at radius 2 is 2.15 bits per heavy atom. The van der Waals surface area contributed by atoms with Crippen LogP contribution >= 0.6 is 11.6 Å². The number of carbonyl (C=O) groups is 1. The van der Waals surface area contributed by atoms with Crippen LogP contribution < -0.4 is 10.1 Å². The van der Waals surface area contributed by atoms with Crippen LogP contribution in [0, 0.1) is 5.41 Å². The number of ether oxygens (including phenoxy) is 1. The highest BCUT2D eigenvalue weighted by molar-refractivity contribution is 6.18. The second-order valence-corrected chi connectivity index (χ2v) is 5.91. The SMILES string of the molecule is COc1cccc(CC(=O)NCC2(CCl)CCCC2)c1. The van der Waals surface area contributed by atoms with E-state index in [1.807, 2.05) is 24.3 Å². The summed E-state index contributed by atoms with van der Waals surface area (Å²) in [6.07, 6.45) is 5.07. The molecule has 0 bridgehead atoms. The van der Waals surface area contributed by atoms with E-state index in [1.165, 1.54) is 12.8 Å². The first-order valence-electron chi connectivity index (χ1n) is 7.13. The van der Waals surface area contributed by atoms with Crippen LogP contribution in [0.4, 0.5) is 0 Å². The van der Waals surface area contributed by atoms with Gasteiger partial charge in [0.05, 0.1) is 13.5 Å². The van der Waals surface area contributed by atoms with Crippen LogP contribution in [0.1, 0.15) is 31.2 Å². The van der Waals surface area contributed by atoms with Crippen LogP contribution in [0.25, 0.3) is 0 Å². The molecule has 1 aliphatic carbocycles. The van der Waals surface area contributed by atoms with Gasteiger partial charge in [-0.05, 0) is 30.5 Å². The highest BCUT2D eigenvalue weighted by Gasteiger charge is 2.33. The van der Waals surface area contributed by atoms with Gasteiger partial charge in [0.2, 0.25) is 5.91 Å². The second kappa shape index (κ2) is 6.98. The molecule has 0 radical (unpaired) electrons. The zero-order chi connectivity index (χ0) is 14.4. The van der Waals surface area contributed by atoms with Gasteiger partial charge in [-0.15, -0.1) is 11.6 Å². The van der Waals surface area contributed by atoms with E-state index in [0.29, 0.717) is 18.8 Å². The zero-order valence-electron chi connectivity index (χ0n) is 12.0. The molecule has 110 valence electrons. The van der Waals surface area contributed by atoms with E-state index in [9.17, 15) is 4.79 Å². The smallest absolute Gasteiger partial charge is 0.224 e. The van der Waals surface area contributed by atoms with E-state index < -0.39 is 0 Å². The molecule has 0 atom stereocenters. The number of amides is 1. The van der Waals surface area contributed by atoms with Crippen molar-refractivity contribution in [2.75, 3.05) is 19.5 Å². The van der Waals surface area contributed by atoms with E-state index in [0.717, 1.165) is 24.2 Å². The molecule has 0 spiro atoms. The van der Waals surface area contributed by atoms with Gasteiger partial charge in [0.15, 0.2) is 0 Å². The Morgan fingerprint density at radius 1 is 1.40 bits per heavy atom. The van der Waals surface area contributed by atoms with E-state index in [4.69, 9.17) is 16.3 Å². The summed E-state index contributed by atoms with van der Waals surface area (Å²) in [5, 5.41) is 3.04. The van der Waals surface area contributed by atoms with Gasteiger partial charge in [-0.25, -0.2) is 0 Å². The summed E-state index contributed by atoms with van der Waals surface area (Å²) in [7, 11) is 1.63. The number of hydrogen-bond acceptors (Lipinski definition) is 2. The van der Waals surface area contributed by atoms with Crippen molar-refractivity contribution in [3.63, 3.8) is 0 Å². The minimum atomic E-state index is 0.0506. The van der Waals surface area contributed by atoms with Crippen molar-refractivity contribution < 1.29 is 9.53 Å². The number of methoxy groups -OCH3 is 1. The Hall–Kier alpha value is -1.22. The van der Waals surface area contributed by atoms with E-state index in [-0.39, 0.29) is 11.3 Å². The van der Waals surface area contributed by atoms with Crippen molar-refractivity contribution in [1.29, 1.82) is 0 Å². The van der Waals surface area contributed by atoms with Crippen LogP contribution in [-0.4, -0.2) is 25.4 Å². The molecule has 0 aromatic heterocycles. The number of alkyl halides is 1. The highest BCUT2D eigenvalue weighted by atomic mass is 35.5. The van der Waals surface area contributed by atoms with Crippen molar-refractivity contribution in [3.8, 4) is 5.75 Å². The predicted molar refractivity (Wildman–Crippen MR) is 81.3 cm³/mol. The normalized spacial score (nSPS) is 16.9. The third-order valence-electron chi connectivity index (χ3n) is 4.11. The quantitative estimate of drug-likeness (QED) is 0.819. The Bertz CT molecular complexity index is 456. The lowest BCUT2D eigenvalue weighted by atomic mass is 9.88. The zero-order valence-corrected chi connectivity index (χ0v) is 12.7. The van der Waals surface area contributed by atoms with Crippen molar-refractivity contribution in [1.82, 2.24) is 5.32 Å². The van der Waals surface area contributed by atoms with E-state index in [2.05, 4.69) is 5.32 Å². The maximum absolute atomic E-state index is 12.0. The summed E-state index contributed by atoms with van der Waals surface area (Å²) in [5.41, 5.74) is 1.08. The van der Waals surface area contributed by atoms with Gasteiger partial charge >= 0.3 is 0 Å². The van der Waals surface area contributed by atoms with Gasteiger partial charge in [-0.1, -0.05) is 25.0 Å². The number of benzene rings is 1. The predicted octanol–water partition coefficient (Wildman–Crippen LogP) is 3.15. The van der Waals surface area contributed by atoms with Crippen molar-refractivity contribution in [2.24, 2.45) is 5.41 Å². The van der Waals surface area contributed by atoms with Gasteiger partial charge in [0.25, 0.3) is 0 Å². The Kier molecular flexibility index (Phi) is 5.30. The van der Waals surface area contributed by atoms with Crippen LogP contribution in [0.2, 0.25) is 0 Å². The molecule has 4 heteroatoms. The standard InChI is InChI=1S/C16H22ClNO2/c1-20-14-6-4-5-13(9-14)10-15(19)18-12-16(11-17)7-2-3-8-16/h4-6,9H,2-3,7-8,10-12H2,1H3,(H,18,19). The molecule has 1 aromatic carbocycles. The first-order chi connectivity index (χ1) is 9.67. The molecule has 1 saturated carbocycles. The lowest BCUT2D eigenvalue weighted by Crippen LogP contribution is -2.37. The van der Waals surface area contributed by atoms with Crippen LogP contribution in [0.15, 0.2) is 24.3 Å². The molecule has 0 aliphatic heterocycles. The maximum atomic E-state index is 12.0. The fourth-order valence-electron chi connectivity index (χ4n) is 2.80. The molecule has 0 heterocycles. The Labute approximate surface area is 125 Å². The Balaban J connectivity index is 1.85. The van der Waals surface area contributed by atoms with E-state index in [1.54, 1.807) is 7.11 Å². The van der Waals surface area contributed by atoms with E-state index >= 15 is 0 Å². The molecule has 2 rings (SSSR count). The first kappa shape index (κ1) is 15.2. The fourth-order valence-corrected chi connectivity index (χ4v) is 3.16. The molecule has 20 heavy (non-hydrogen) atoms. The van der Waals surface area contributed by atoms with Crippen LogP contribution in [0.3, 0.4) is 0 Å². The lowest BCUT2D eigenvalue weighted by molar-refractivity contribution is -0.120. The maximum Gasteiger partial charge on any atom is 0.224 e. The number of halogens is 1. The summed E-state index contributed by atoms with van der Waals surface area (Å²) < 4.78 is 5.16. The molecule has 1 aromatic rings. The van der Waals surface area contributed by atoms with Gasteiger partial charge in [0.1, 0.15) is 5.75 Å². The van der Waals surface area contributed by atoms with Crippen molar-refractivity contribution in [3.05, 3.63) is 29.8 Å². The topological polar surface area (TPSA) is 38.3 Å². The summed E-state index contributed by atoms with van der Waals surface area (Å²) in [5.74, 6) is 1.46. The summed E-state index contributed by atoms with van der Waals surface area (Å²) in [6.45, 7) is 0.694. The second-order valence-electron chi connectivity index (χ2n) is 5.65. The molecular formula is C16H22ClNO2. The molecule has 1 amide bonds. The average molecular weight is 296 g/mol. The number of carbonyl (C=O) groups excluding carboxylic acids is 1. The highest BCUT2D eigenvalue weighted by Crippen LogP contribution is 2.38. The third-order valence-corrected chi connectivity index (χ3v) is 4.67. The molecule has 1 N–H and O–H groups in total. The summed E-state index contributed by atoms with van der Waals surface area (Å²) >= 11 is 6.08. The minimum Gasteiger partial charge on any atom is -0.497 e. The fraction of sp³-hybridized carbons (Fsp3) is 0.562. The number of nitrogens with one attached hydrogen (secondary N) is 1. The number of hydrogen-bond donors (Lipinski definition) is 1. The van der Waals surface area contributed by atoms with Gasteiger partial charge in [0, 0.05) is 17.8 Å². The van der Waals surface area contributed by atoms with Crippen molar-refractivity contribution >= 4 is 17.5 Å². The first-order valence-corrected chi connectivity index (χ1v) is 7.66. The number of rotatable bonds is 6. The van der Waals surface area contributed by atoms with Gasteiger partial charge in [-0.3, -0.25) is 4.79 Å². The summed E-state index contributed by atoms with van der Waals surface area (Å²) in [4.78, 5) is 12.0. The summed E-state index contributed by atoms with van der Waals surface area (Å²) in [6, 6.07) is 7.61. The molecule has 0 unspecified atom stereocenters. The minimum absolute atomic E-state index is 0.0506. The lowest BCUT2D eigenvalue weighted by Gasteiger charge is -2.26. The molecular weight excluding hydrogens is 274 g/mol. The van der Waals surface area contributed by atoms with Gasteiger partial charge in [-0.2, -0.15) is 0 Å². The largest absolute Gasteiger partial charge is 0.497 e. The van der Waals surface area contributed by atoms with Crippen LogP contribution in [0.5, 0.6) is 5.75 Å². The Morgan fingerprint density at radius 3 is 2.80 bits per heavy atom.